The van der Waals surface area contributed by atoms with E-state index in [0.717, 1.165) is 34.3 Å². The normalized spacial score (nSPS) is 14.9. The van der Waals surface area contributed by atoms with Crippen molar-refractivity contribution in [3.63, 3.8) is 0 Å². The zero-order chi connectivity index (χ0) is 15.9. The van der Waals surface area contributed by atoms with E-state index >= 15 is 0 Å². The molecule has 116 valence electrons. The van der Waals surface area contributed by atoms with Gasteiger partial charge in [-0.3, -0.25) is 0 Å². The average molecular weight is 313 g/mol. The lowest BCUT2D eigenvalue weighted by Gasteiger charge is -2.21. The van der Waals surface area contributed by atoms with Gasteiger partial charge in [0.25, 0.3) is 0 Å². The summed E-state index contributed by atoms with van der Waals surface area (Å²) in [6, 6.07) is 26.4. The number of ether oxygens (including phenoxy) is 1. The monoisotopic (exact) mass is 313 g/mol. The molecule has 0 unspecified atom stereocenters. The predicted molar refractivity (Wildman–Crippen MR) is 95.8 cm³/mol. The number of amidine groups is 1. The van der Waals surface area contributed by atoms with Crippen LogP contribution in [0.5, 0.6) is 11.5 Å². The first-order valence-corrected chi connectivity index (χ1v) is 7.95. The van der Waals surface area contributed by atoms with Gasteiger partial charge < -0.3 is 9.64 Å². The lowest BCUT2D eigenvalue weighted by Crippen LogP contribution is -2.30. The molecule has 3 aromatic rings. The fourth-order valence-electron chi connectivity index (χ4n) is 3.16. The van der Waals surface area contributed by atoms with Gasteiger partial charge in [-0.15, -0.1) is 0 Å². The van der Waals surface area contributed by atoms with Gasteiger partial charge in [0.15, 0.2) is 11.6 Å². The van der Waals surface area contributed by atoms with Crippen molar-refractivity contribution in [1.82, 2.24) is 0 Å². The SMILES string of the molecule is c1ccc(N2CN3C(=N2)c2ccccc2Oc2ccccc23)cc1. The van der Waals surface area contributed by atoms with E-state index in [0.29, 0.717) is 6.67 Å². The van der Waals surface area contributed by atoms with Gasteiger partial charge in [-0.1, -0.05) is 42.5 Å². The number of hydrazone groups is 1. The van der Waals surface area contributed by atoms with Crippen LogP contribution < -0.4 is 14.6 Å². The summed E-state index contributed by atoms with van der Waals surface area (Å²) in [5.74, 6) is 2.60. The molecule has 2 heterocycles. The number of para-hydroxylation sites is 4. The number of nitrogens with zero attached hydrogens (tertiary/aromatic N) is 3. The van der Waals surface area contributed by atoms with E-state index in [2.05, 4.69) is 29.2 Å². The maximum atomic E-state index is 6.14. The van der Waals surface area contributed by atoms with Gasteiger partial charge in [0.1, 0.15) is 12.4 Å². The second kappa shape index (κ2) is 5.13. The number of hydrogen-bond acceptors (Lipinski definition) is 4. The maximum Gasteiger partial charge on any atom is 0.166 e. The smallest absolute Gasteiger partial charge is 0.166 e. The highest BCUT2D eigenvalue weighted by molar-refractivity contribution is 6.14. The van der Waals surface area contributed by atoms with Crippen LogP contribution in [0, 0.1) is 0 Å². The van der Waals surface area contributed by atoms with Crippen LogP contribution in [0.3, 0.4) is 0 Å². The Bertz CT molecular complexity index is 936. The largest absolute Gasteiger partial charge is 0.454 e. The molecule has 2 aliphatic rings. The Labute approximate surface area is 140 Å². The minimum atomic E-state index is 0.661. The van der Waals surface area contributed by atoms with Crippen molar-refractivity contribution < 1.29 is 4.74 Å². The van der Waals surface area contributed by atoms with Gasteiger partial charge in [0, 0.05) is 0 Å². The number of benzene rings is 3. The molecular weight excluding hydrogens is 298 g/mol. The minimum Gasteiger partial charge on any atom is -0.454 e. The predicted octanol–water partition coefficient (Wildman–Crippen LogP) is 4.44. The van der Waals surface area contributed by atoms with E-state index in [9.17, 15) is 0 Å². The molecule has 0 bridgehead atoms. The standard InChI is InChI=1S/C20H15N3O/c1-2-8-15(9-3-1)23-14-22-17-11-5-7-13-19(17)24-18-12-6-4-10-16(18)20(22)21-23/h1-13H,14H2. The minimum absolute atomic E-state index is 0.661. The quantitative estimate of drug-likeness (QED) is 0.665. The first-order chi connectivity index (χ1) is 11.9. The molecule has 0 fully saturated rings. The number of hydrogen-bond donors (Lipinski definition) is 0. The molecule has 0 aromatic heterocycles. The summed E-state index contributed by atoms with van der Waals surface area (Å²) in [7, 11) is 0. The van der Waals surface area contributed by atoms with Gasteiger partial charge in [-0.2, -0.15) is 5.10 Å². The van der Waals surface area contributed by atoms with Gasteiger partial charge in [-0.05, 0) is 36.4 Å². The summed E-state index contributed by atoms with van der Waals surface area (Å²) in [5, 5.41) is 6.90. The van der Waals surface area contributed by atoms with Crippen molar-refractivity contribution in [3.05, 3.63) is 84.4 Å². The molecule has 0 spiro atoms. The first kappa shape index (κ1) is 13.2. The molecule has 0 N–H and O–H groups in total. The summed E-state index contributed by atoms with van der Waals surface area (Å²) < 4.78 is 6.14. The van der Waals surface area contributed by atoms with Crippen LogP contribution >= 0.6 is 0 Å². The zero-order valence-corrected chi connectivity index (χ0v) is 13.0. The van der Waals surface area contributed by atoms with Crippen LogP contribution in [-0.4, -0.2) is 12.5 Å². The molecule has 2 aliphatic heterocycles. The number of rotatable bonds is 1. The Balaban J connectivity index is 1.70. The highest BCUT2D eigenvalue weighted by Gasteiger charge is 2.32. The molecule has 0 amide bonds. The molecule has 0 saturated heterocycles. The lowest BCUT2D eigenvalue weighted by atomic mass is 10.1. The molecule has 4 heteroatoms. The molecule has 24 heavy (non-hydrogen) atoms. The Morgan fingerprint density at radius 3 is 2.33 bits per heavy atom. The van der Waals surface area contributed by atoms with Gasteiger partial charge >= 0.3 is 0 Å². The summed E-state index contributed by atoms with van der Waals surface area (Å²) in [5.41, 5.74) is 3.12. The van der Waals surface area contributed by atoms with Crippen molar-refractivity contribution in [3.8, 4) is 11.5 Å². The third-order valence-corrected chi connectivity index (χ3v) is 4.30. The summed E-state index contributed by atoms with van der Waals surface area (Å²) in [4.78, 5) is 2.20. The zero-order valence-electron chi connectivity index (χ0n) is 13.0. The van der Waals surface area contributed by atoms with Crippen LogP contribution in [0.15, 0.2) is 84.0 Å². The molecule has 0 saturated carbocycles. The van der Waals surface area contributed by atoms with Crippen LogP contribution in [0.4, 0.5) is 11.4 Å². The van der Waals surface area contributed by atoms with Gasteiger partial charge in [0.05, 0.1) is 16.9 Å². The fourth-order valence-corrected chi connectivity index (χ4v) is 3.16. The van der Waals surface area contributed by atoms with Gasteiger partial charge in [-0.25, -0.2) is 5.01 Å². The Kier molecular flexibility index (Phi) is 2.82. The summed E-state index contributed by atoms with van der Waals surface area (Å²) >= 11 is 0. The Morgan fingerprint density at radius 2 is 1.46 bits per heavy atom. The second-order valence-corrected chi connectivity index (χ2v) is 5.79. The van der Waals surface area contributed by atoms with Crippen LogP contribution in [-0.2, 0) is 0 Å². The number of anilines is 2. The Morgan fingerprint density at radius 1 is 0.750 bits per heavy atom. The van der Waals surface area contributed by atoms with Crippen LogP contribution in [0.2, 0.25) is 0 Å². The molecule has 4 nitrogen and oxygen atoms in total. The van der Waals surface area contributed by atoms with E-state index in [1.807, 2.05) is 59.6 Å². The van der Waals surface area contributed by atoms with Crippen molar-refractivity contribution >= 4 is 17.2 Å². The molecule has 0 radical (unpaired) electrons. The molecule has 5 rings (SSSR count). The third-order valence-electron chi connectivity index (χ3n) is 4.30. The van der Waals surface area contributed by atoms with E-state index < -0.39 is 0 Å². The lowest BCUT2D eigenvalue weighted by molar-refractivity contribution is 0.484. The number of fused-ring (bicyclic) bond motifs is 5. The second-order valence-electron chi connectivity index (χ2n) is 5.79. The van der Waals surface area contributed by atoms with E-state index in [-0.39, 0.29) is 0 Å². The molecular formula is C20H15N3O. The van der Waals surface area contributed by atoms with Crippen molar-refractivity contribution in [2.24, 2.45) is 5.10 Å². The molecule has 0 aliphatic carbocycles. The van der Waals surface area contributed by atoms with Crippen LogP contribution in [0.1, 0.15) is 5.56 Å². The fraction of sp³-hybridized carbons (Fsp3) is 0.0500. The highest BCUT2D eigenvalue weighted by Crippen LogP contribution is 2.41. The van der Waals surface area contributed by atoms with Gasteiger partial charge in [0.2, 0.25) is 0 Å². The molecule has 0 atom stereocenters. The highest BCUT2D eigenvalue weighted by atomic mass is 16.5. The summed E-state index contributed by atoms with van der Waals surface area (Å²) in [6.07, 6.45) is 0. The summed E-state index contributed by atoms with van der Waals surface area (Å²) in [6.45, 7) is 0.661. The van der Waals surface area contributed by atoms with Crippen molar-refractivity contribution in [2.45, 2.75) is 0 Å². The van der Waals surface area contributed by atoms with Crippen molar-refractivity contribution in [2.75, 3.05) is 16.6 Å². The van der Waals surface area contributed by atoms with E-state index in [1.54, 1.807) is 0 Å². The van der Waals surface area contributed by atoms with Crippen LogP contribution in [0.25, 0.3) is 0 Å². The maximum absolute atomic E-state index is 6.14. The third kappa shape index (κ3) is 1.97. The van der Waals surface area contributed by atoms with E-state index in [4.69, 9.17) is 9.84 Å². The first-order valence-electron chi connectivity index (χ1n) is 7.95. The Hall–Kier alpha value is -3.27. The molecule has 3 aromatic carbocycles. The average Bonchev–Trinajstić information content (AvgIpc) is 3.03. The van der Waals surface area contributed by atoms with Crippen molar-refractivity contribution in [1.29, 1.82) is 0 Å². The van der Waals surface area contributed by atoms with E-state index in [1.165, 1.54) is 0 Å². The topological polar surface area (TPSA) is 28.1 Å².